The lowest BCUT2D eigenvalue weighted by atomic mass is 9.99. The molecule has 0 radical (unpaired) electrons. The molecule has 0 unspecified atom stereocenters. The molecule has 2 aromatic carbocycles. The first-order valence-electron chi connectivity index (χ1n) is 19.7. The van der Waals surface area contributed by atoms with E-state index < -0.39 is 78.4 Å². The third-order valence-corrected chi connectivity index (χ3v) is 11.1. The van der Waals surface area contributed by atoms with Gasteiger partial charge in [0.25, 0.3) is 0 Å². The Morgan fingerprint density at radius 2 is 1.50 bits per heavy atom. The molecule has 56 heavy (non-hydrogen) atoms. The maximum Gasteiger partial charge on any atom is 0.328 e. The Bertz CT molecular complexity index is 1800. The number of rotatable bonds is 8. The van der Waals surface area contributed by atoms with E-state index in [-0.39, 0.29) is 37.8 Å². The summed E-state index contributed by atoms with van der Waals surface area (Å²) in [4.78, 5) is 102. The second-order valence-electron chi connectivity index (χ2n) is 15.3. The number of carbonyl (C=O) groups excluding carboxylic acids is 7. The predicted molar refractivity (Wildman–Crippen MR) is 206 cm³/mol. The maximum atomic E-state index is 14.5. The Balaban J connectivity index is 1.27. The molecular weight excluding hydrogens is 716 g/mol. The molecule has 298 valence electrons. The fourth-order valence-electron chi connectivity index (χ4n) is 8.17. The van der Waals surface area contributed by atoms with Crippen molar-refractivity contribution in [3.8, 4) is 0 Å². The van der Waals surface area contributed by atoms with Crippen LogP contribution >= 0.6 is 0 Å². The van der Waals surface area contributed by atoms with Gasteiger partial charge in [-0.1, -0.05) is 79.7 Å². The molecule has 4 fully saturated rings. The van der Waals surface area contributed by atoms with Crippen LogP contribution in [-0.4, -0.2) is 119 Å². The molecule has 7 atom stereocenters. The Labute approximate surface area is 327 Å². The van der Waals surface area contributed by atoms with Gasteiger partial charge in [0.15, 0.2) is 0 Å². The first-order chi connectivity index (χ1) is 27.0. The standard InChI is InChI=1S/C42H52N6O8/c1-27-23-35-42(55)56-26-32(45-37(50)31(24-30-15-7-4-8-16-30)44-36(49)20-11-17-29-13-5-3-6-14-29)40(53)47-22-12-19-34(47)41(54)46-21-10-9-18-33(46)38(51)43-28(2)39(52)48(35)25-27/h3-8,11,13-17,27-28,31-35H,9-10,12,18-26H2,1-2H3,(H,43,51)(H,44,49)(H,45,50)/b17-11+/t27-,28+,31+,32+,33+,34+,35+/m1/s1. The average Bonchev–Trinajstić information content (AvgIpc) is 3.86. The van der Waals surface area contributed by atoms with Gasteiger partial charge in [0.05, 0.1) is 0 Å². The molecule has 14 nitrogen and oxygen atoms in total. The molecule has 6 rings (SSSR count). The van der Waals surface area contributed by atoms with E-state index in [0.717, 1.165) is 11.1 Å². The first-order valence-corrected chi connectivity index (χ1v) is 19.7. The van der Waals surface area contributed by atoms with Crippen LogP contribution < -0.4 is 16.0 Å². The Morgan fingerprint density at radius 3 is 2.25 bits per heavy atom. The molecule has 3 N–H and O–H groups in total. The monoisotopic (exact) mass is 768 g/mol. The van der Waals surface area contributed by atoms with E-state index >= 15 is 0 Å². The molecule has 4 heterocycles. The van der Waals surface area contributed by atoms with Gasteiger partial charge in [-0.3, -0.25) is 28.8 Å². The maximum absolute atomic E-state index is 14.5. The molecule has 14 heteroatoms. The minimum atomic E-state index is -1.41. The summed E-state index contributed by atoms with van der Waals surface area (Å²) in [6.07, 6.45) is 6.60. The normalized spacial score (nSPS) is 26.9. The minimum Gasteiger partial charge on any atom is -0.461 e. The van der Waals surface area contributed by atoms with Crippen molar-refractivity contribution in [2.75, 3.05) is 26.2 Å². The van der Waals surface area contributed by atoms with Gasteiger partial charge in [-0.25, -0.2) is 4.79 Å². The van der Waals surface area contributed by atoms with Gasteiger partial charge in [-0.2, -0.15) is 0 Å². The van der Waals surface area contributed by atoms with Crippen LogP contribution in [0, 0.1) is 5.92 Å². The van der Waals surface area contributed by atoms with Crippen LogP contribution in [0.5, 0.6) is 0 Å². The molecule has 0 aliphatic carbocycles. The number of esters is 1. The minimum absolute atomic E-state index is 0.00578. The highest BCUT2D eigenvalue weighted by Gasteiger charge is 2.46. The van der Waals surface area contributed by atoms with Crippen LogP contribution in [0.25, 0.3) is 6.08 Å². The summed E-state index contributed by atoms with van der Waals surface area (Å²) in [6, 6.07) is 12.4. The van der Waals surface area contributed by atoms with Crippen molar-refractivity contribution in [3.63, 3.8) is 0 Å². The second-order valence-corrected chi connectivity index (χ2v) is 15.3. The molecular formula is C42H52N6O8. The SMILES string of the molecule is C[C@@H]1C[C@H]2C(=O)OC[C@H](NC(=O)[C@H](Cc3ccccc3)NC(=O)C/C=C/c3ccccc3)C(=O)N3CCC[C@H]3C(=O)N3CCCC[C@H]3C(=O)N[C@@H](C)C(=O)N2C1. The lowest BCUT2D eigenvalue weighted by Crippen LogP contribution is -2.62. The van der Waals surface area contributed by atoms with Gasteiger partial charge in [0.1, 0.15) is 42.9 Å². The van der Waals surface area contributed by atoms with Gasteiger partial charge in [0, 0.05) is 32.5 Å². The number of cyclic esters (lactones) is 1. The number of nitrogens with one attached hydrogen (secondary N) is 3. The summed E-state index contributed by atoms with van der Waals surface area (Å²) in [5.74, 6) is -3.78. The van der Waals surface area contributed by atoms with Crippen molar-refractivity contribution in [1.82, 2.24) is 30.7 Å². The van der Waals surface area contributed by atoms with Crippen LogP contribution in [0.15, 0.2) is 66.7 Å². The van der Waals surface area contributed by atoms with Gasteiger partial charge >= 0.3 is 5.97 Å². The van der Waals surface area contributed by atoms with Crippen molar-refractivity contribution >= 4 is 47.5 Å². The van der Waals surface area contributed by atoms with Gasteiger partial charge in [0.2, 0.25) is 35.4 Å². The van der Waals surface area contributed by atoms with Crippen LogP contribution in [0.2, 0.25) is 0 Å². The van der Waals surface area contributed by atoms with Crippen molar-refractivity contribution in [1.29, 1.82) is 0 Å². The van der Waals surface area contributed by atoms with E-state index in [2.05, 4.69) is 16.0 Å². The zero-order valence-corrected chi connectivity index (χ0v) is 32.1. The van der Waals surface area contributed by atoms with Gasteiger partial charge < -0.3 is 35.4 Å². The zero-order chi connectivity index (χ0) is 39.8. The smallest absolute Gasteiger partial charge is 0.328 e. The molecule has 0 saturated carbocycles. The van der Waals surface area contributed by atoms with Crippen LogP contribution in [0.1, 0.15) is 69.9 Å². The number of nitrogens with zero attached hydrogens (tertiary/aromatic N) is 3. The van der Waals surface area contributed by atoms with E-state index in [4.69, 9.17) is 4.74 Å². The molecule has 4 aliphatic rings. The quantitative estimate of drug-likeness (QED) is 0.342. The van der Waals surface area contributed by atoms with Crippen LogP contribution in [0.4, 0.5) is 0 Å². The summed E-state index contributed by atoms with van der Waals surface area (Å²) in [7, 11) is 0. The first kappa shape index (κ1) is 40.1. The second kappa shape index (κ2) is 18.4. The fourth-order valence-corrected chi connectivity index (χ4v) is 8.17. The fraction of sp³-hybridized carbons (Fsp3) is 0.500. The van der Waals surface area contributed by atoms with Gasteiger partial charge in [-0.05, 0) is 62.5 Å². The zero-order valence-electron chi connectivity index (χ0n) is 32.1. The van der Waals surface area contributed by atoms with Crippen LogP contribution in [0.3, 0.4) is 0 Å². The van der Waals surface area contributed by atoms with Crippen molar-refractivity contribution in [3.05, 3.63) is 77.9 Å². The molecule has 4 aliphatic heterocycles. The van der Waals surface area contributed by atoms with Gasteiger partial charge in [-0.15, -0.1) is 0 Å². The molecule has 0 spiro atoms. The number of carbonyl (C=O) groups is 7. The molecule has 4 saturated heterocycles. The van der Waals surface area contributed by atoms with Crippen molar-refractivity contribution in [2.24, 2.45) is 5.92 Å². The number of amides is 6. The summed E-state index contributed by atoms with van der Waals surface area (Å²) < 4.78 is 5.75. The Morgan fingerprint density at radius 1 is 0.821 bits per heavy atom. The number of benzene rings is 2. The number of piperidine rings is 1. The van der Waals surface area contributed by atoms with E-state index in [1.807, 2.05) is 73.7 Å². The third-order valence-electron chi connectivity index (χ3n) is 11.1. The third kappa shape index (κ3) is 9.64. The predicted octanol–water partition coefficient (Wildman–Crippen LogP) is 1.97. The van der Waals surface area contributed by atoms with Crippen molar-refractivity contribution < 1.29 is 38.3 Å². The number of hydrogen-bond acceptors (Lipinski definition) is 8. The highest BCUT2D eigenvalue weighted by Crippen LogP contribution is 2.28. The highest BCUT2D eigenvalue weighted by atomic mass is 16.5. The van der Waals surface area contributed by atoms with Crippen molar-refractivity contribution in [2.45, 2.75) is 101 Å². The topological polar surface area (TPSA) is 175 Å². The average molecular weight is 769 g/mol. The summed E-state index contributed by atoms with van der Waals surface area (Å²) >= 11 is 0. The Hall–Kier alpha value is -5.53. The number of hydrogen-bond donors (Lipinski definition) is 3. The van der Waals surface area contributed by atoms with E-state index in [0.29, 0.717) is 45.1 Å². The number of fused-ring (bicyclic) bond motifs is 3. The summed E-state index contributed by atoms with van der Waals surface area (Å²) in [5.41, 5.74) is 1.68. The lowest BCUT2D eigenvalue weighted by molar-refractivity contribution is -0.158. The molecule has 0 bridgehead atoms. The number of ether oxygens (including phenoxy) is 1. The molecule has 0 aromatic heterocycles. The van der Waals surface area contributed by atoms with Crippen LogP contribution in [-0.2, 0) is 44.7 Å². The molecule has 6 amide bonds. The van der Waals surface area contributed by atoms with E-state index in [9.17, 15) is 33.6 Å². The highest BCUT2D eigenvalue weighted by molar-refractivity contribution is 5.98. The lowest BCUT2D eigenvalue weighted by Gasteiger charge is -2.39. The summed E-state index contributed by atoms with van der Waals surface area (Å²) in [6.45, 7) is 3.72. The Kier molecular flexibility index (Phi) is 13.2. The van der Waals surface area contributed by atoms with E-state index in [1.54, 1.807) is 13.0 Å². The van der Waals surface area contributed by atoms with E-state index in [1.165, 1.54) is 14.7 Å². The summed E-state index contributed by atoms with van der Waals surface area (Å²) in [5, 5.41) is 8.37. The largest absolute Gasteiger partial charge is 0.461 e. The molecule has 2 aromatic rings.